The lowest BCUT2D eigenvalue weighted by Crippen LogP contribution is -2.29. The second-order valence-corrected chi connectivity index (χ2v) is 6.32. The molecule has 3 rings (SSSR count). The molecule has 150 valence electrons. The molecule has 0 amide bonds. The number of nitrogens with zero attached hydrogens (tertiary/aromatic N) is 5. The molecule has 0 radical (unpaired) electrons. The second-order valence-electron chi connectivity index (χ2n) is 6.32. The van der Waals surface area contributed by atoms with Crippen LogP contribution in [-0.4, -0.2) is 62.0 Å². The zero-order valence-corrected chi connectivity index (χ0v) is 15.1. The number of carboxylic acid groups (broad SMARTS) is 1. The molecular weight excluding hydrogens is 367 g/mol. The third-order valence-electron chi connectivity index (χ3n) is 3.95. The van der Waals surface area contributed by atoms with Crippen molar-refractivity contribution in [2.24, 2.45) is 13.0 Å². The minimum absolute atomic E-state index is 0.470. The Kier molecular flexibility index (Phi) is 6.97. The molecule has 0 aromatic carbocycles. The lowest BCUT2D eigenvalue weighted by Gasteiger charge is -2.22. The topological polar surface area (TPSA) is 85.4 Å². The van der Waals surface area contributed by atoms with Gasteiger partial charge in [0.2, 0.25) is 0 Å². The molecule has 1 N–H and O–H groups in total. The average Bonchev–Trinajstić information content (AvgIpc) is 3.13. The number of carbonyl (C=O) groups is 1. The Balaban J connectivity index is 0.000000321. The summed E-state index contributed by atoms with van der Waals surface area (Å²) in [6, 6.07) is 2.10. The van der Waals surface area contributed by atoms with Crippen molar-refractivity contribution in [2.45, 2.75) is 25.8 Å². The van der Waals surface area contributed by atoms with Crippen LogP contribution >= 0.6 is 0 Å². The first-order valence-corrected chi connectivity index (χ1v) is 8.18. The van der Waals surface area contributed by atoms with Gasteiger partial charge in [-0.2, -0.15) is 23.4 Å². The van der Waals surface area contributed by atoms with Gasteiger partial charge in [-0.05, 0) is 6.07 Å². The molecule has 8 nitrogen and oxygen atoms in total. The van der Waals surface area contributed by atoms with Gasteiger partial charge in [-0.15, -0.1) is 0 Å². The molecule has 1 unspecified atom stereocenters. The third-order valence-corrected chi connectivity index (χ3v) is 3.95. The average molecular weight is 389 g/mol. The molecule has 0 fully saturated rings. The highest BCUT2D eigenvalue weighted by molar-refractivity contribution is 5.73. The van der Waals surface area contributed by atoms with Gasteiger partial charge >= 0.3 is 12.1 Å². The van der Waals surface area contributed by atoms with Gasteiger partial charge in [-0.1, -0.05) is 0 Å². The van der Waals surface area contributed by atoms with Crippen LogP contribution in [0, 0.1) is 5.92 Å². The molecule has 3 heterocycles. The van der Waals surface area contributed by atoms with Gasteiger partial charge in [0.05, 0.1) is 18.5 Å². The van der Waals surface area contributed by atoms with Crippen molar-refractivity contribution in [2.75, 3.05) is 20.3 Å². The minimum atomic E-state index is -5.08. The van der Waals surface area contributed by atoms with Crippen molar-refractivity contribution in [1.29, 1.82) is 0 Å². The zero-order valence-electron chi connectivity index (χ0n) is 15.1. The van der Waals surface area contributed by atoms with Crippen molar-refractivity contribution in [3.05, 3.63) is 35.9 Å². The van der Waals surface area contributed by atoms with Gasteiger partial charge < -0.3 is 9.84 Å². The van der Waals surface area contributed by atoms with E-state index in [4.69, 9.17) is 14.6 Å². The summed E-state index contributed by atoms with van der Waals surface area (Å²) in [5, 5.41) is 15.8. The number of ether oxygens (including phenoxy) is 1. The number of aliphatic carboxylic acids is 1. The first-order valence-electron chi connectivity index (χ1n) is 8.18. The minimum Gasteiger partial charge on any atom is -0.475 e. The number of aryl methyl sites for hydroxylation is 1. The van der Waals surface area contributed by atoms with Crippen molar-refractivity contribution >= 4 is 5.97 Å². The lowest BCUT2D eigenvalue weighted by molar-refractivity contribution is -0.192. The number of methoxy groups -OCH3 is 1. The van der Waals surface area contributed by atoms with E-state index in [0.29, 0.717) is 5.92 Å². The van der Waals surface area contributed by atoms with Gasteiger partial charge in [0, 0.05) is 64.2 Å². The Labute approximate surface area is 154 Å². The molecule has 0 spiro atoms. The summed E-state index contributed by atoms with van der Waals surface area (Å²) >= 11 is 0. The zero-order chi connectivity index (χ0) is 20.0. The Bertz CT molecular complexity index is 744. The van der Waals surface area contributed by atoms with Crippen LogP contribution in [0.3, 0.4) is 0 Å². The van der Waals surface area contributed by atoms with Crippen LogP contribution in [0.4, 0.5) is 13.2 Å². The summed E-state index contributed by atoms with van der Waals surface area (Å²) in [7, 11) is 3.72. The SMILES string of the molecule is COCC1CN(Cc2cnn(C)c2)Cc2ccnn2C1.O=C(O)C(F)(F)F. The summed E-state index contributed by atoms with van der Waals surface area (Å²) in [5.74, 6) is -2.29. The highest BCUT2D eigenvalue weighted by atomic mass is 19.4. The summed E-state index contributed by atoms with van der Waals surface area (Å²) in [6.07, 6.45) is 0.813. The second kappa shape index (κ2) is 9.00. The van der Waals surface area contributed by atoms with E-state index in [-0.39, 0.29) is 0 Å². The maximum Gasteiger partial charge on any atom is 0.490 e. The van der Waals surface area contributed by atoms with Gasteiger partial charge in [0.15, 0.2) is 0 Å². The van der Waals surface area contributed by atoms with Gasteiger partial charge in [-0.25, -0.2) is 4.79 Å². The largest absolute Gasteiger partial charge is 0.490 e. The molecule has 0 saturated heterocycles. The van der Waals surface area contributed by atoms with Crippen LogP contribution < -0.4 is 0 Å². The molecule has 0 bridgehead atoms. The number of carboxylic acids is 1. The maximum absolute atomic E-state index is 10.6. The molecule has 1 atom stereocenters. The van der Waals surface area contributed by atoms with Crippen LogP contribution in [0.1, 0.15) is 11.3 Å². The van der Waals surface area contributed by atoms with Crippen molar-refractivity contribution in [3.8, 4) is 0 Å². The summed E-state index contributed by atoms with van der Waals surface area (Å²) < 4.78 is 41.0. The Hall–Kier alpha value is -2.40. The van der Waals surface area contributed by atoms with Gasteiger partial charge in [0.25, 0.3) is 0 Å². The van der Waals surface area contributed by atoms with Crippen LogP contribution in [0.5, 0.6) is 0 Å². The quantitative estimate of drug-likeness (QED) is 0.854. The third kappa shape index (κ3) is 6.36. The Morgan fingerprint density at radius 3 is 2.63 bits per heavy atom. The van der Waals surface area contributed by atoms with E-state index in [1.54, 1.807) is 7.11 Å². The first-order chi connectivity index (χ1) is 12.7. The number of rotatable bonds is 4. The fourth-order valence-corrected chi connectivity index (χ4v) is 2.89. The summed E-state index contributed by atoms with van der Waals surface area (Å²) in [4.78, 5) is 11.3. The molecule has 27 heavy (non-hydrogen) atoms. The first kappa shape index (κ1) is 20.9. The van der Waals surface area contributed by atoms with E-state index < -0.39 is 12.1 Å². The van der Waals surface area contributed by atoms with Crippen molar-refractivity contribution in [1.82, 2.24) is 24.5 Å². The summed E-state index contributed by atoms with van der Waals surface area (Å²) in [6.45, 7) is 4.56. The Morgan fingerprint density at radius 1 is 1.37 bits per heavy atom. The molecule has 0 aliphatic carbocycles. The maximum atomic E-state index is 10.6. The highest BCUT2D eigenvalue weighted by Gasteiger charge is 2.38. The lowest BCUT2D eigenvalue weighted by atomic mass is 10.1. The number of halogens is 3. The van der Waals surface area contributed by atoms with Gasteiger partial charge in [-0.3, -0.25) is 14.3 Å². The number of fused-ring (bicyclic) bond motifs is 1. The highest BCUT2D eigenvalue weighted by Crippen LogP contribution is 2.18. The normalized spacial score (nSPS) is 17.6. The smallest absolute Gasteiger partial charge is 0.475 e. The van der Waals surface area contributed by atoms with Crippen molar-refractivity contribution in [3.63, 3.8) is 0 Å². The molecule has 2 aromatic heterocycles. The number of alkyl halides is 3. The van der Waals surface area contributed by atoms with Gasteiger partial charge in [0.1, 0.15) is 0 Å². The monoisotopic (exact) mass is 389 g/mol. The van der Waals surface area contributed by atoms with Crippen LogP contribution in [0.2, 0.25) is 0 Å². The van der Waals surface area contributed by atoms with E-state index in [0.717, 1.165) is 32.8 Å². The predicted molar refractivity (Wildman–Crippen MR) is 88.6 cm³/mol. The van der Waals surface area contributed by atoms with Crippen LogP contribution in [0.15, 0.2) is 24.7 Å². The van der Waals surface area contributed by atoms with E-state index in [1.807, 2.05) is 24.1 Å². The van der Waals surface area contributed by atoms with E-state index in [2.05, 4.69) is 32.0 Å². The number of hydrogen-bond acceptors (Lipinski definition) is 5. The van der Waals surface area contributed by atoms with E-state index >= 15 is 0 Å². The van der Waals surface area contributed by atoms with Crippen molar-refractivity contribution < 1.29 is 27.8 Å². The van der Waals surface area contributed by atoms with Crippen LogP contribution in [-0.2, 0) is 36.2 Å². The van der Waals surface area contributed by atoms with E-state index in [1.165, 1.54) is 11.3 Å². The number of aromatic nitrogens is 4. The molecule has 11 heteroatoms. The molecular formula is C16H22F3N5O3. The fourth-order valence-electron chi connectivity index (χ4n) is 2.89. The Morgan fingerprint density at radius 2 is 2.07 bits per heavy atom. The molecule has 1 aliphatic heterocycles. The molecule has 2 aromatic rings. The predicted octanol–water partition coefficient (Wildman–Crippen LogP) is 1.53. The number of hydrogen-bond donors (Lipinski definition) is 1. The van der Waals surface area contributed by atoms with Crippen LogP contribution in [0.25, 0.3) is 0 Å². The summed E-state index contributed by atoms with van der Waals surface area (Å²) in [5.41, 5.74) is 2.52. The molecule has 1 aliphatic rings. The molecule has 0 saturated carbocycles. The fraction of sp³-hybridized carbons (Fsp3) is 0.562. The standard InChI is InChI=1S/C14H21N5O.C2HF3O2/c1-17-6-12(5-16-17)7-18-8-13(11-20-2)9-19-14(10-18)3-4-15-19;3-2(4,5)1(6)7/h3-6,13H,7-11H2,1-2H3;(H,6,7). The van der Waals surface area contributed by atoms with E-state index in [9.17, 15) is 13.2 Å².